The van der Waals surface area contributed by atoms with E-state index in [2.05, 4.69) is 16.8 Å². The van der Waals surface area contributed by atoms with Gasteiger partial charge in [-0.3, -0.25) is 4.79 Å². The number of pyridine rings is 1. The van der Waals surface area contributed by atoms with Crippen LogP contribution < -0.4 is 4.74 Å². The molecule has 0 fully saturated rings. The van der Waals surface area contributed by atoms with Gasteiger partial charge in [0.15, 0.2) is 6.29 Å². The summed E-state index contributed by atoms with van der Waals surface area (Å²) in [5, 5.41) is 0. The van der Waals surface area contributed by atoms with E-state index in [1.807, 2.05) is 6.92 Å². The number of rotatable bonds is 3. The van der Waals surface area contributed by atoms with Crippen LogP contribution in [0.15, 0.2) is 12.3 Å². The number of nitrogens with zero attached hydrogens (tertiary/aromatic N) is 1. The topological polar surface area (TPSA) is 39.2 Å². The van der Waals surface area contributed by atoms with E-state index in [-0.39, 0.29) is 0 Å². The van der Waals surface area contributed by atoms with Crippen molar-refractivity contribution in [1.29, 1.82) is 0 Å². The normalized spacial score (nSPS) is 8.71. The van der Waals surface area contributed by atoms with Gasteiger partial charge in [-0.15, -0.1) is 0 Å². The average Bonchev–Trinajstić information content (AvgIpc) is 2.21. The predicted molar refractivity (Wildman–Crippen MR) is 53.3 cm³/mol. The van der Waals surface area contributed by atoms with Crippen molar-refractivity contribution in [1.82, 2.24) is 4.98 Å². The summed E-state index contributed by atoms with van der Waals surface area (Å²) in [6.07, 6.45) is 2.26. The van der Waals surface area contributed by atoms with E-state index < -0.39 is 0 Å². The first-order chi connectivity index (χ1) is 6.81. The summed E-state index contributed by atoms with van der Waals surface area (Å²) in [7, 11) is 0. The maximum Gasteiger partial charge on any atom is 0.153 e. The minimum Gasteiger partial charge on any atom is -0.492 e. The highest BCUT2D eigenvalue weighted by Gasteiger charge is 2.03. The van der Waals surface area contributed by atoms with Gasteiger partial charge >= 0.3 is 0 Å². The van der Waals surface area contributed by atoms with Gasteiger partial charge < -0.3 is 4.74 Å². The third-order valence-corrected chi connectivity index (χ3v) is 1.58. The van der Waals surface area contributed by atoms with Crippen molar-refractivity contribution >= 4 is 6.29 Å². The van der Waals surface area contributed by atoms with E-state index in [0.29, 0.717) is 23.6 Å². The number of aromatic nitrogens is 1. The van der Waals surface area contributed by atoms with Gasteiger partial charge in [-0.05, 0) is 25.8 Å². The lowest BCUT2D eigenvalue weighted by atomic mass is 10.2. The van der Waals surface area contributed by atoms with Crippen LogP contribution in [0.5, 0.6) is 5.75 Å². The standard InChI is InChI=1S/C11H11NO2/c1-3-5-10-6-9(8-13)11(7-12-10)14-4-2/h6-8H,4H2,1-2H3. The smallest absolute Gasteiger partial charge is 0.153 e. The molecule has 0 saturated heterocycles. The molecule has 1 aromatic rings. The highest BCUT2D eigenvalue weighted by molar-refractivity contribution is 5.79. The zero-order valence-corrected chi connectivity index (χ0v) is 8.20. The van der Waals surface area contributed by atoms with Crippen molar-refractivity contribution in [2.75, 3.05) is 6.61 Å². The van der Waals surface area contributed by atoms with Crippen LogP contribution in [0.25, 0.3) is 0 Å². The highest BCUT2D eigenvalue weighted by Crippen LogP contribution is 2.15. The minimum absolute atomic E-state index is 0.486. The lowest BCUT2D eigenvalue weighted by Crippen LogP contribution is -1.98. The van der Waals surface area contributed by atoms with E-state index in [0.717, 1.165) is 6.29 Å². The molecule has 3 heteroatoms. The largest absolute Gasteiger partial charge is 0.492 e. The van der Waals surface area contributed by atoms with Crippen LogP contribution >= 0.6 is 0 Å². The van der Waals surface area contributed by atoms with Gasteiger partial charge in [0.25, 0.3) is 0 Å². The van der Waals surface area contributed by atoms with E-state index in [1.165, 1.54) is 6.20 Å². The molecule has 14 heavy (non-hydrogen) atoms. The minimum atomic E-state index is 0.486. The van der Waals surface area contributed by atoms with Crippen molar-refractivity contribution in [3.8, 4) is 17.6 Å². The zero-order valence-electron chi connectivity index (χ0n) is 8.20. The van der Waals surface area contributed by atoms with Crippen molar-refractivity contribution in [3.63, 3.8) is 0 Å². The third kappa shape index (κ3) is 2.33. The molecule has 0 amide bonds. The quantitative estimate of drug-likeness (QED) is 0.536. The molecule has 0 aliphatic carbocycles. The first kappa shape index (κ1) is 10.3. The number of aldehydes is 1. The van der Waals surface area contributed by atoms with Gasteiger partial charge in [0.2, 0.25) is 0 Å². The van der Waals surface area contributed by atoms with Gasteiger partial charge in [0.1, 0.15) is 11.4 Å². The number of hydrogen-bond acceptors (Lipinski definition) is 3. The Hall–Kier alpha value is -1.82. The lowest BCUT2D eigenvalue weighted by molar-refractivity contribution is 0.111. The molecular formula is C11H11NO2. The summed E-state index contributed by atoms with van der Waals surface area (Å²) in [6.45, 7) is 4.09. The Kier molecular flexibility index (Phi) is 3.69. The van der Waals surface area contributed by atoms with E-state index in [4.69, 9.17) is 4.74 Å². The molecule has 0 N–H and O–H groups in total. The summed E-state index contributed by atoms with van der Waals surface area (Å²) < 4.78 is 5.22. The van der Waals surface area contributed by atoms with Crippen LogP contribution in [0.2, 0.25) is 0 Å². The molecule has 72 valence electrons. The molecule has 0 atom stereocenters. The average molecular weight is 189 g/mol. The number of carbonyl (C=O) groups is 1. The fourth-order valence-electron chi connectivity index (χ4n) is 1.02. The fourth-order valence-corrected chi connectivity index (χ4v) is 1.02. The Morgan fingerprint density at radius 2 is 2.43 bits per heavy atom. The van der Waals surface area contributed by atoms with Crippen LogP contribution in [0.1, 0.15) is 29.9 Å². The zero-order chi connectivity index (χ0) is 10.4. The van der Waals surface area contributed by atoms with Crippen LogP contribution in [-0.2, 0) is 0 Å². The van der Waals surface area contributed by atoms with Gasteiger partial charge in [0, 0.05) is 0 Å². The third-order valence-electron chi connectivity index (χ3n) is 1.58. The fraction of sp³-hybridized carbons (Fsp3) is 0.273. The second-order valence-corrected chi connectivity index (χ2v) is 2.53. The molecular weight excluding hydrogens is 178 g/mol. The molecule has 1 aromatic heterocycles. The number of hydrogen-bond donors (Lipinski definition) is 0. The van der Waals surface area contributed by atoms with Crippen LogP contribution in [-0.4, -0.2) is 17.9 Å². The first-order valence-electron chi connectivity index (χ1n) is 4.32. The second kappa shape index (κ2) is 5.03. The van der Waals surface area contributed by atoms with E-state index in [1.54, 1.807) is 13.0 Å². The summed E-state index contributed by atoms with van der Waals surface area (Å²) >= 11 is 0. The molecule has 0 radical (unpaired) electrons. The number of ether oxygens (including phenoxy) is 1. The molecule has 0 aliphatic heterocycles. The SMILES string of the molecule is CC#Cc1cc(C=O)c(OCC)cn1. The monoisotopic (exact) mass is 189 g/mol. The van der Waals surface area contributed by atoms with Gasteiger partial charge in [-0.1, -0.05) is 5.92 Å². The van der Waals surface area contributed by atoms with Crippen molar-refractivity contribution in [3.05, 3.63) is 23.5 Å². The maximum absolute atomic E-state index is 10.7. The van der Waals surface area contributed by atoms with Gasteiger partial charge in [-0.2, -0.15) is 0 Å². The molecule has 3 nitrogen and oxygen atoms in total. The van der Waals surface area contributed by atoms with Crippen LogP contribution in [0.3, 0.4) is 0 Å². The van der Waals surface area contributed by atoms with Gasteiger partial charge in [-0.25, -0.2) is 4.98 Å². The lowest BCUT2D eigenvalue weighted by Gasteiger charge is -2.04. The maximum atomic E-state index is 10.7. The molecule has 0 unspecified atom stereocenters. The summed E-state index contributed by atoms with van der Waals surface area (Å²) in [5.74, 6) is 6.00. The van der Waals surface area contributed by atoms with Crippen molar-refractivity contribution < 1.29 is 9.53 Å². The Morgan fingerprint density at radius 3 is 3.00 bits per heavy atom. The Bertz CT molecular complexity index is 388. The molecule has 0 saturated carbocycles. The van der Waals surface area contributed by atoms with Gasteiger partial charge in [0.05, 0.1) is 18.4 Å². The van der Waals surface area contributed by atoms with Crippen molar-refractivity contribution in [2.24, 2.45) is 0 Å². The Morgan fingerprint density at radius 1 is 1.64 bits per heavy atom. The van der Waals surface area contributed by atoms with Crippen LogP contribution in [0.4, 0.5) is 0 Å². The second-order valence-electron chi connectivity index (χ2n) is 2.53. The summed E-state index contributed by atoms with van der Waals surface area (Å²) in [4.78, 5) is 14.7. The highest BCUT2D eigenvalue weighted by atomic mass is 16.5. The summed E-state index contributed by atoms with van der Waals surface area (Å²) in [5.41, 5.74) is 1.07. The Balaban J connectivity index is 3.08. The molecule has 0 aliphatic rings. The summed E-state index contributed by atoms with van der Waals surface area (Å²) in [6, 6.07) is 1.62. The first-order valence-corrected chi connectivity index (χ1v) is 4.32. The number of carbonyl (C=O) groups excluding carboxylic acids is 1. The van der Waals surface area contributed by atoms with E-state index in [9.17, 15) is 4.79 Å². The van der Waals surface area contributed by atoms with Crippen molar-refractivity contribution in [2.45, 2.75) is 13.8 Å². The molecule has 0 spiro atoms. The van der Waals surface area contributed by atoms with Crippen LogP contribution in [0, 0.1) is 11.8 Å². The molecule has 0 aromatic carbocycles. The molecule has 1 heterocycles. The molecule has 1 rings (SSSR count). The Labute approximate surface area is 83.1 Å². The molecule has 0 bridgehead atoms. The predicted octanol–water partition coefficient (Wildman–Crippen LogP) is 1.66. The van der Waals surface area contributed by atoms with E-state index >= 15 is 0 Å².